The van der Waals surface area contributed by atoms with E-state index in [1.165, 1.54) is 6.92 Å². The van der Waals surface area contributed by atoms with Crippen LogP contribution in [0.2, 0.25) is 0 Å². The first-order valence-corrected chi connectivity index (χ1v) is 4.63. The molecule has 0 saturated carbocycles. The Balaban J connectivity index is 5.01. The number of aliphatic hydroxyl groups excluding tert-OH is 4. The SMILES string of the molecule is CC[C@](ON)(C(=O)O)C(O)C(O)C(O)CO. The highest BCUT2D eigenvalue weighted by Crippen LogP contribution is 2.23. The predicted octanol–water partition coefficient (Wildman–Crippen LogP) is -2.81. The van der Waals surface area contributed by atoms with Crippen LogP contribution < -0.4 is 5.90 Å². The van der Waals surface area contributed by atoms with Crippen LogP contribution in [0.5, 0.6) is 0 Å². The lowest BCUT2D eigenvalue weighted by atomic mass is 9.88. The summed E-state index contributed by atoms with van der Waals surface area (Å²) < 4.78 is 0. The maximum Gasteiger partial charge on any atom is 0.340 e. The molecule has 96 valence electrons. The lowest BCUT2D eigenvalue weighted by molar-refractivity contribution is -0.207. The van der Waals surface area contributed by atoms with Crippen LogP contribution in [0, 0.1) is 0 Å². The predicted molar refractivity (Wildman–Crippen MR) is 51.0 cm³/mol. The van der Waals surface area contributed by atoms with Crippen LogP contribution in [0.4, 0.5) is 0 Å². The van der Waals surface area contributed by atoms with Crippen LogP contribution in [-0.2, 0) is 9.63 Å². The van der Waals surface area contributed by atoms with Crippen molar-refractivity contribution >= 4 is 5.97 Å². The van der Waals surface area contributed by atoms with Crippen LogP contribution in [0.1, 0.15) is 13.3 Å². The maximum absolute atomic E-state index is 10.9. The van der Waals surface area contributed by atoms with Crippen molar-refractivity contribution in [2.75, 3.05) is 6.61 Å². The number of rotatable bonds is 7. The minimum Gasteiger partial charge on any atom is -0.479 e. The van der Waals surface area contributed by atoms with E-state index < -0.39 is 36.5 Å². The molecular weight excluding hydrogens is 222 g/mol. The Morgan fingerprint density at radius 1 is 1.44 bits per heavy atom. The maximum atomic E-state index is 10.9. The number of hydrogen-bond acceptors (Lipinski definition) is 7. The first kappa shape index (κ1) is 15.2. The summed E-state index contributed by atoms with van der Waals surface area (Å²) >= 11 is 0. The van der Waals surface area contributed by atoms with Crippen LogP contribution >= 0.6 is 0 Å². The van der Waals surface area contributed by atoms with Gasteiger partial charge in [-0.05, 0) is 6.42 Å². The molecular formula is C8H17NO7. The number of aliphatic carboxylic acids is 1. The van der Waals surface area contributed by atoms with Crippen LogP contribution in [0.15, 0.2) is 0 Å². The fraction of sp³-hybridized carbons (Fsp3) is 0.875. The molecule has 0 amide bonds. The van der Waals surface area contributed by atoms with Crippen molar-refractivity contribution in [3.63, 3.8) is 0 Å². The van der Waals surface area contributed by atoms with Gasteiger partial charge in [-0.2, -0.15) is 0 Å². The van der Waals surface area contributed by atoms with E-state index in [9.17, 15) is 15.0 Å². The molecule has 16 heavy (non-hydrogen) atoms. The minimum atomic E-state index is -2.23. The molecule has 8 heteroatoms. The second-order valence-corrected chi connectivity index (χ2v) is 3.35. The van der Waals surface area contributed by atoms with E-state index in [1.807, 2.05) is 0 Å². The van der Waals surface area contributed by atoms with Crippen molar-refractivity contribution in [1.82, 2.24) is 0 Å². The van der Waals surface area contributed by atoms with E-state index in [-0.39, 0.29) is 6.42 Å². The van der Waals surface area contributed by atoms with Gasteiger partial charge in [0.1, 0.15) is 18.3 Å². The Bertz CT molecular complexity index is 230. The molecule has 0 aromatic heterocycles. The van der Waals surface area contributed by atoms with Gasteiger partial charge in [0.05, 0.1) is 6.61 Å². The number of hydrogen-bond donors (Lipinski definition) is 6. The summed E-state index contributed by atoms with van der Waals surface area (Å²) in [5, 5.41) is 45.5. The zero-order valence-electron chi connectivity index (χ0n) is 8.78. The zero-order chi connectivity index (χ0) is 12.9. The first-order valence-electron chi connectivity index (χ1n) is 4.63. The Morgan fingerprint density at radius 2 is 1.94 bits per heavy atom. The average Bonchev–Trinajstić information content (AvgIpc) is 2.28. The van der Waals surface area contributed by atoms with Crippen molar-refractivity contribution in [3.05, 3.63) is 0 Å². The number of aliphatic hydroxyl groups is 4. The molecule has 0 aliphatic heterocycles. The molecule has 0 fully saturated rings. The molecule has 0 aromatic carbocycles. The molecule has 3 unspecified atom stereocenters. The third-order valence-electron chi connectivity index (χ3n) is 2.48. The molecule has 0 aliphatic carbocycles. The Labute approximate surface area is 91.8 Å². The Hall–Kier alpha value is -0.770. The zero-order valence-corrected chi connectivity index (χ0v) is 8.78. The molecule has 0 rings (SSSR count). The van der Waals surface area contributed by atoms with E-state index >= 15 is 0 Å². The topological polar surface area (TPSA) is 153 Å². The second kappa shape index (κ2) is 6.09. The normalized spacial score (nSPS) is 20.9. The second-order valence-electron chi connectivity index (χ2n) is 3.35. The fourth-order valence-electron chi connectivity index (χ4n) is 1.28. The van der Waals surface area contributed by atoms with Crippen molar-refractivity contribution < 1.29 is 35.2 Å². The highest BCUT2D eigenvalue weighted by molar-refractivity contribution is 5.78. The smallest absolute Gasteiger partial charge is 0.340 e. The number of nitrogens with two attached hydrogens (primary N) is 1. The van der Waals surface area contributed by atoms with Gasteiger partial charge in [-0.25, -0.2) is 10.7 Å². The standard InChI is InChI=1S/C8H17NO7/c1-2-8(16-9,7(14)15)6(13)5(12)4(11)3-10/h4-6,10-13H,2-3,9H2,1H3,(H,14,15)/t4?,5?,6?,8-/m1/s1. The summed E-state index contributed by atoms with van der Waals surface area (Å²) in [7, 11) is 0. The number of carbonyl (C=O) groups is 1. The van der Waals surface area contributed by atoms with Crippen molar-refractivity contribution in [1.29, 1.82) is 0 Å². The summed E-state index contributed by atoms with van der Waals surface area (Å²) in [4.78, 5) is 15.1. The Kier molecular flexibility index (Phi) is 5.79. The third-order valence-corrected chi connectivity index (χ3v) is 2.48. The van der Waals surface area contributed by atoms with Crippen LogP contribution in [0.3, 0.4) is 0 Å². The molecule has 0 saturated heterocycles. The van der Waals surface area contributed by atoms with Gasteiger partial charge in [-0.1, -0.05) is 6.92 Å². The molecule has 0 heterocycles. The molecule has 0 radical (unpaired) electrons. The quantitative estimate of drug-likeness (QED) is 0.260. The first-order chi connectivity index (χ1) is 7.37. The van der Waals surface area contributed by atoms with Crippen molar-refractivity contribution in [3.8, 4) is 0 Å². The van der Waals surface area contributed by atoms with Crippen LogP contribution in [-0.4, -0.2) is 62.0 Å². The van der Waals surface area contributed by atoms with E-state index in [0.29, 0.717) is 0 Å². The van der Waals surface area contributed by atoms with E-state index in [0.717, 1.165) is 0 Å². The fourth-order valence-corrected chi connectivity index (χ4v) is 1.28. The van der Waals surface area contributed by atoms with Gasteiger partial charge in [0.15, 0.2) is 0 Å². The van der Waals surface area contributed by atoms with Crippen LogP contribution in [0.25, 0.3) is 0 Å². The minimum absolute atomic E-state index is 0.227. The van der Waals surface area contributed by atoms with E-state index in [2.05, 4.69) is 4.84 Å². The lowest BCUT2D eigenvalue weighted by Gasteiger charge is -2.34. The summed E-state index contributed by atoms with van der Waals surface area (Å²) in [5.41, 5.74) is -2.23. The highest BCUT2D eigenvalue weighted by atomic mass is 16.7. The summed E-state index contributed by atoms with van der Waals surface area (Å²) in [6, 6.07) is 0. The molecule has 0 spiro atoms. The Morgan fingerprint density at radius 3 is 2.19 bits per heavy atom. The van der Waals surface area contributed by atoms with Crippen molar-refractivity contribution in [2.45, 2.75) is 37.3 Å². The molecule has 0 aromatic rings. The van der Waals surface area contributed by atoms with Gasteiger partial charge in [-0.3, -0.25) is 4.84 Å². The molecule has 0 bridgehead atoms. The largest absolute Gasteiger partial charge is 0.479 e. The van der Waals surface area contributed by atoms with Gasteiger partial charge in [0, 0.05) is 0 Å². The summed E-state index contributed by atoms with van der Waals surface area (Å²) in [5.74, 6) is 3.23. The molecule has 7 N–H and O–H groups in total. The average molecular weight is 239 g/mol. The summed E-state index contributed by atoms with van der Waals surface area (Å²) in [6.45, 7) is 0.546. The van der Waals surface area contributed by atoms with Gasteiger partial charge in [0.25, 0.3) is 0 Å². The molecule has 4 atom stereocenters. The van der Waals surface area contributed by atoms with E-state index in [1.54, 1.807) is 0 Å². The molecule has 0 aliphatic rings. The highest BCUT2D eigenvalue weighted by Gasteiger charge is 2.50. The number of carboxylic acids is 1. The lowest BCUT2D eigenvalue weighted by Crippen LogP contribution is -2.60. The molecule has 8 nitrogen and oxygen atoms in total. The van der Waals surface area contributed by atoms with Gasteiger partial charge < -0.3 is 25.5 Å². The number of carboxylic acid groups (broad SMARTS) is 1. The van der Waals surface area contributed by atoms with E-state index in [4.69, 9.17) is 21.2 Å². The third kappa shape index (κ3) is 2.67. The van der Waals surface area contributed by atoms with Gasteiger partial charge in [0.2, 0.25) is 5.60 Å². The van der Waals surface area contributed by atoms with Gasteiger partial charge >= 0.3 is 5.97 Å². The van der Waals surface area contributed by atoms with Crippen molar-refractivity contribution in [2.24, 2.45) is 5.90 Å². The monoisotopic (exact) mass is 239 g/mol. The summed E-state index contributed by atoms with van der Waals surface area (Å²) in [6.07, 6.45) is -5.77. The van der Waals surface area contributed by atoms with Gasteiger partial charge in [-0.15, -0.1) is 0 Å².